The van der Waals surface area contributed by atoms with E-state index in [1.54, 1.807) is 61.5 Å². The topological polar surface area (TPSA) is 82.1 Å². The van der Waals surface area contributed by atoms with Gasteiger partial charge < -0.3 is 14.2 Å². The monoisotopic (exact) mass is 441 g/mol. The van der Waals surface area contributed by atoms with Crippen molar-refractivity contribution in [2.45, 2.75) is 11.8 Å². The normalized spacial score (nSPS) is 11.0. The van der Waals surface area contributed by atoms with Gasteiger partial charge in [0.1, 0.15) is 5.75 Å². The Kier molecular flexibility index (Phi) is 6.50. The molecule has 0 bridgehead atoms. The lowest BCUT2D eigenvalue weighted by atomic mass is 10.1. The molecule has 0 radical (unpaired) electrons. The lowest BCUT2D eigenvalue weighted by Gasteiger charge is -2.22. The molecule has 3 rings (SSSR count). The van der Waals surface area contributed by atoms with Crippen LogP contribution in [0.2, 0.25) is 0 Å². The Morgan fingerprint density at radius 3 is 2.06 bits per heavy atom. The molecule has 0 amide bonds. The van der Waals surface area contributed by atoms with Gasteiger partial charge in [0.15, 0.2) is 11.5 Å². The smallest absolute Gasteiger partial charge is 0.343 e. The number of hydrogen-bond acceptors (Lipinski definition) is 6. The molecule has 0 saturated heterocycles. The summed E-state index contributed by atoms with van der Waals surface area (Å²) in [4.78, 5) is 12.8. The maximum Gasteiger partial charge on any atom is 0.343 e. The highest BCUT2D eigenvalue weighted by Crippen LogP contribution is 2.32. The average molecular weight is 442 g/mol. The van der Waals surface area contributed by atoms with Gasteiger partial charge in [-0.1, -0.05) is 30.3 Å². The summed E-state index contributed by atoms with van der Waals surface area (Å²) in [6.45, 7) is 1.71. The van der Waals surface area contributed by atoms with Crippen LogP contribution >= 0.6 is 0 Å². The first-order valence-electron chi connectivity index (χ1n) is 9.37. The Morgan fingerprint density at radius 1 is 0.839 bits per heavy atom. The van der Waals surface area contributed by atoms with Crippen molar-refractivity contribution in [3.8, 4) is 17.2 Å². The molecule has 0 aromatic heterocycles. The van der Waals surface area contributed by atoms with E-state index >= 15 is 0 Å². The van der Waals surface area contributed by atoms with Crippen LogP contribution in [0.25, 0.3) is 0 Å². The van der Waals surface area contributed by atoms with Crippen LogP contribution < -0.4 is 18.5 Å². The van der Waals surface area contributed by atoms with Gasteiger partial charge in [-0.05, 0) is 48.9 Å². The van der Waals surface area contributed by atoms with Crippen LogP contribution in [0.5, 0.6) is 17.2 Å². The van der Waals surface area contributed by atoms with Crippen LogP contribution in [0, 0.1) is 6.92 Å². The highest BCUT2D eigenvalue weighted by molar-refractivity contribution is 7.92. The lowest BCUT2D eigenvalue weighted by molar-refractivity contribution is 0.0728. The number of ether oxygens (including phenoxy) is 3. The standard InChI is InChI=1S/C23H23NO6S/c1-16-13-14-17(31(26,27)24(2)19-9-5-6-10-20(19)28-3)15-18(16)23(25)30-22-12-8-7-11-21(22)29-4/h5-15H,1-4H3. The van der Waals surface area contributed by atoms with Crippen LogP contribution in [0.3, 0.4) is 0 Å². The van der Waals surface area contributed by atoms with Crippen molar-refractivity contribution >= 4 is 21.7 Å². The fraction of sp³-hybridized carbons (Fsp3) is 0.174. The molecule has 0 atom stereocenters. The van der Waals surface area contributed by atoms with E-state index < -0.39 is 16.0 Å². The Bertz CT molecular complexity index is 1210. The van der Waals surface area contributed by atoms with E-state index in [-0.39, 0.29) is 16.2 Å². The van der Waals surface area contributed by atoms with Crippen molar-refractivity contribution in [3.63, 3.8) is 0 Å². The van der Waals surface area contributed by atoms with Crippen molar-refractivity contribution in [3.05, 3.63) is 77.9 Å². The summed E-state index contributed by atoms with van der Waals surface area (Å²) in [6, 6.07) is 17.8. The number of sulfonamides is 1. The number of rotatable bonds is 7. The summed E-state index contributed by atoms with van der Waals surface area (Å²) >= 11 is 0. The molecule has 0 N–H and O–H groups in total. The third-order valence-electron chi connectivity index (χ3n) is 4.78. The highest BCUT2D eigenvalue weighted by Gasteiger charge is 2.26. The number of carbonyl (C=O) groups excluding carboxylic acids is 1. The number of benzene rings is 3. The SMILES string of the molecule is COc1ccccc1OC(=O)c1cc(S(=O)(=O)N(C)c2ccccc2OC)ccc1C. The fourth-order valence-corrected chi connectivity index (χ4v) is 4.25. The number of esters is 1. The van der Waals surface area contributed by atoms with E-state index in [9.17, 15) is 13.2 Å². The van der Waals surface area contributed by atoms with Gasteiger partial charge in [0, 0.05) is 7.05 Å². The molecule has 0 fully saturated rings. The van der Waals surface area contributed by atoms with Crippen molar-refractivity contribution in [1.82, 2.24) is 0 Å². The molecule has 0 heterocycles. The van der Waals surface area contributed by atoms with Gasteiger partial charge in [-0.15, -0.1) is 0 Å². The minimum absolute atomic E-state index is 0.0431. The Labute approximate surface area is 181 Å². The van der Waals surface area contributed by atoms with Gasteiger partial charge in [0.05, 0.1) is 30.4 Å². The zero-order valence-electron chi connectivity index (χ0n) is 17.7. The summed E-state index contributed by atoms with van der Waals surface area (Å²) in [7, 11) is 0.409. The lowest BCUT2D eigenvalue weighted by Crippen LogP contribution is -2.27. The number of methoxy groups -OCH3 is 2. The molecular weight excluding hydrogens is 418 g/mol. The average Bonchev–Trinajstić information content (AvgIpc) is 2.78. The maximum absolute atomic E-state index is 13.2. The molecule has 0 aliphatic carbocycles. The Hall–Kier alpha value is -3.52. The van der Waals surface area contributed by atoms with Crippen molar-refractivity contribution in [2.75, 3.05) is 25.6 Å². The predicted octanol–water partition coefficient (Wildman–Crippen LogP) is 4.06. The molecule has 8 heteroatoms. The minimum Gasteiger partial charge on any atom is -0.495 e. The molecular formula is C23H23NO6S. The summed E-state index contributed by atoms with van der Waals surface area (Å²) in [6.07, 6.45) is 0. The number of hydrogen-bond donors (Lipinski definition) is 0. The summed E-state index contributed by atoms with van der Waals surface area (Å²) in [5.41, 5.74) is 1.10. The van der Waals surface area contributed by atoms with E-state index in [1.807, 2.05) is 0 Å². The zero-order chi connectivity index (χ0) is 22.6. The second-order valence-corrected chi connectivity index (χ2v) is 8.63. The number of aryl methyl sites for hydroxylation is 1. The third kappa shape index (κ3) is 4.49. The van der Waals surface area contributed by atoms with E-state index in [0.717, 1.165) is 4.31 Å². The van der Waals surface area contributed by atoms with Crippen LogP contribution in [-0.2, 0) is 10.0 Å². The Morgan fingerprint density at radius 2 is 1.42 bits per heavy atom. The van der Waals surface area contributed by atoms with Gasteiger partial charge in [0.25, 0.3) is 10.0 Å². The molecule has 7 nitrogen and oxygen atoms in total. The van der Waals surface area contributed by atoms with Crippen LogP contribution in [0.4, 0.5) is 5.69 Å². The Balaban J connectivity index is 1.97. The molecule has 162 valence electrons. The second kappa shape index (κ2) is 9.09. The quantitative estimate of drug-likeness (QED) is 0.406. The number of para-hydroxylation sites is 4. The molecule has 0 aliphatic rings. The number of anilines is 1. The first-order chi connectivity index (χ1) is 14.8. The zero-order valence-corrected chi connectivity index (χ0v) is 18.5. The van der Waals surface area contributed by atoms with Crippen LogP contribution in [0.1, 0.15) is 15.9 Å². The van der Waals surface area contributed by atoms with Gasteiger partial charge in [-0.25, -0.2) is 13.2 Å². The minimum atomic E-state index is -3.96. The van der Waals surface area contributed by atoms with Crippen molar-refractivity contribution in [2.24, 2.45) is 0 Å². The second-order valence-electron chi connectivity index (χ2n) is 6.66. The first kappa shape index (κ1) is 22.2. The fourth-order valence-electron chi connectivity index (χ4n) is 3.02. The predicted molar refractivity (Wildman–Crippen MR) is 118 cm³/mol. The van der Waals surface area contributed by atoms with Gasteiger partial charge in [-0.2, -0.15) is 0 Å². The van der Waals surface area contributed by atoms with E-state index in [1.165, 1.54) is 33.4 Å². The van der Waals surface area contributed by atoms with Gasteiger partial charge in [0.2, 0.25) is 0 Å². The molecule has 0 unspecified atom stereocenters. The van der Waals surface area contributed by atoms with E-state index in [0.29, 0.717) is 22.7 Å². The molecule has 0 spiro atoms. The first-order valence-corrected chi connectivity index (χ1v) is 10.8. The molecule has 3 aromatic carbocycles. The maximum atomic E-state index is 13.2. The van der Waals surface area contributed by atoms with E-state index in [2.05, 4.69) is 0 Å². The van der Waals surface area contributed by atoms with Crippen LogP contribution in [-0.4, -0.2) is 35.7 Å². The summed E-state index contributed by atoms with van der Waals surface area (Å²) in [5.74, 6) is 0.373. The van der Waals surface area contributed by atoms with Gasteiger partial charge in [-0.3, -0.25) is 4.31 Å². The van der Waals surface area contributed by atoms with Crippen molar-refractivity contribution in [1.29, 1.82) is 0 Å². The molecule has 31 heavy (non-hydrogen) atoms. The number of nitrogens with zero attached hydrogens (tertiary/aromatic N) is 1. The van der Waals surface area contributed by atoms with E-state index in [4.69, 9.17) is 14.2 Å². The highest BCUT2D eigenvalue weighted by atomic mass is 32.2. The molecule has 0 saturated carbocycles. The van der Waals surface area contributed by atoms with Crippen molar-refractivity contribution < 1.29 is 27.4 Å². The summed E-state index contributed by atoms with van der Waals surface area (Å²) < 4.78 is 43.5. The van der Waals surface area contributed by atoms with Crippen LogP contribution in [0.15, 0.2) is 71.6 Å². The van der Waals surface area contributed by atoms with Gasteiger partial charge >= 0.3 is 5.97 Å². The largest absolute Gasteiger partial charge is 0.495 e. The number of carbonyl (C=O) groups is 1. The molecule has 0 aliphatic heterocycles. The third-order valence-corrected chi connectivity index (χ3v) is 6.55. The molecule has 3 aromatic rings. The summed E-state index contributed by atoms with van der Waals surface area (Å²) in [5, 5.41) is 0.